The van der Waals surface area contributed by atoms with Gasteiger partial charge in [0, 0.05) is 18.8 Å². The molecule has 1 amide bonds. The summed E-state index contributed by atoms with van der Waals surface area (Å²) in [4.78, 5) is 12.5. The lowest BCUT2D eigenvalue weighted by Gasteiger charge is -2.31. The summed E-state index contributed by atoms with van der Waals surface area (Å²) in [5.41, 5.74) is 0.858. The summed E-state index contributed by atoms with van der Waals surface area (Å²) in [6.07, 6.45) is 0.593. The van der Waals surface area contributed by atoms with Gasteiger partial charge in [-0.3, -0.25) is 4.79 Å². The molecule has 2 heterocycles. The van der Waals surface area contributed by atoms with Crippen molar-refractivity contribution in [1.82, 2.24) is 5.32 Å². The molecular formula is C19H23NO5. The van der Waals surface area contributed by atoms with Crippen molar-refractivity contribution in [1.29, 1.82) is 0 Å². The minimum Gasteiger partial charge on any atom is -0.497 e. The Bertz CT molecular complexity index is 709. The number of amides is 1. The Morgan fingerprint density at radius 2 is 2.20 bits per heavy atom. The molecule has 3 rings (SSSR count). The van der Waals surface area contributed by atoms with Gasteiger partial charge in [-0.2, -0.15) is 0 Å². The van der Waals surface area contributed by atoms with Crippen LogP contribution in [-0.4, -0.2) is 45.0 Å². The van der Waals surface area contributed by atoms with Gasteiger partial charge >= 0.3 is 0 Å². The van der Waals surface area contributed by atoms with E-state index >= 15 is 0 Å². The van der Waals surface area contributed by atoms with Gasteiger partial charge in [0.25, 0.3) is 5.91 Å². The van der Waals surface area contributed by atoms with Crippen molar-refractivity contribution in [3.8, 4) is 17.1 Å². The molecule has 1 aromatic heterocycles. The summed E-state index contributed by atoms with van der Waals surface area (Å²) in [6, 6.07) is 10.9. The smallest absolute Gasteiger partial charge is 0.287 e. The number of carbonyl (C=O) groups excluding carboxylic acids is 1. The number of carbonyl (C=O) groups is 1. The highest BCUT2D eigenvalue weighted by Crippen LogP contribution is 2.26. The molecule has 0 radical (unpaired) electrons. The van der Waals surface area contributed by atoms with Crippen molar-refractivity contribution in [2.24, 2.45) is 0 Å². The molecule has 6 nitrogen and oxygen atoms in total. The van der Waals surface area contributed by atoms with Crippen molar-refractivity contribution in [3.63, 3.8) is 0 Å². The number of benzene rings is 1. The van der Waals surface area contributed by atoms with Crippen molar-refractivity contribution < 1.29 is 23.4 Å². The van der Waals surface area contributed by atoms with Crippen molar-refractivity contribution >= 4 is 5.91 Å². The van der Waals surface area contributed by atoms with E-state index in [0.717, 1.165) is 17.7 Å². The molecule has 1 aliphatic heterocycles. The second-order valence-corrected chi connectivity index (χ2v) is 5.83. The van der Waals surface area contributed by atoms with E-state index < -0.39 is 0 Å². The third-order valence-electron chi connectivity index (χ3n) is 4.19. The molecule has 25 heavy (non-hydrogen) atoms. The minimum atomic E-state index is -0.245. The summed E-state index contributed by atoms with van der Waals surface area (Å²) in [7, 11) is 1.61. The summed E-state index contributed by atoms with van der Waals surface area (Å²) < 4.78 is 22.0. The second-order valence-electron chi connectivity index (χ2n) is 5.83. The molecule has 0 spiro atoms. The molecule has 134 valence electrons. The van der Waals surface area contributed by atoms with Gasteiger partial charge in [0.05, 0.1) is 19.8 Å². The topological polar surface area (TPSA) is 69.9 Å². The monoisotopic (exact) mass is 345 g/mol. The van der Waals surface area contributed by atoms with Gasteiger partial charge in [-0.25, -0.2) is 0 Å². The van der Waals surface area contributed by atoms with Gasteiger partial charge in [0.1, 0.15) is 17.6 Å². The molecule has 0 bridgehead atoms. The molecule has 2 aromatic rings. The standard InChI is InChI=1S/C19H23NO5/c1-3-24-18-12-23-10-9-15(18)20-19(21)17-8-7-16(25-17)13-5-4-6-14(11-13)22-2/h4-8,11,15,18H,3,9-10,12H2,1-2H3,(H,20,21)/t15-,18-/m1/s1. The molecule has 1 aliphatic rings. The Morgan fingerprint density at radius 3 is 3.00 bits per heavy atom. The first kappa shape index (κ1) is 17.5. The number of furan rings is 1. The highest BCUT2D eigenvalue weighted by atomic mass is 16.5. The predicted octanol–water partition coefficient (Wildman–Crippen LogP) is 2.88. The average molecular weight is 345 g/mol. The lowest BCUT2D eigenvalue weighted by molar-refractivity contribution is -0.0633. The van der Waals surface area contributed by atoms with Crippen LogP contribution in [0.15, 0.2) is 40.8 Å². The van der Waals surface area contributed by atoms with Crippen LogP contribution in [-0.2, 0) is 9.47 Å². The minimum absolute atomic E-state index is 0.0773. The predicted molar refractivity (Wildman–Crippen MR) is 92.8 cm³/mol. The summed E-state index contributed by atoms with van der Waals surface area (Å²) in [6.45, 7) is 3.62. The zero-order valence-electron chi connectivity index (χ0n) is 14.5. The number of ether oxygens (including phenoxy) is 3. The molecule has 2 atom stereocenters. The number of rotatable bonds is 6. The molecular weight excluding hydrogens is 322 g/mol. The van der Waals surface area contributed by atoms with E-state index in [-0.39, 0.29) is 23.8 Å². The highest BCUT2D eigenvalue weighted by Gasteiger charge is 2.28. The zero-order chi connectivity index (χ0) is 17.6. The lowest BCUT2D eigenvalue weighted by Crippen LogP contribution is -2.49. The maximum atomic E-state index is 12.5. The molecule has 0 unspecified atom stereocenters. The quantitative estimate of drug-likeness (QED) is 0.872. The van der Waals surface area contributed by atoms with Crippen LogP contribution in [0.1, 0.15) is 23.9 Å². The summed E-state index contributed by atoms with van der Waals surface area (Å²) >= 11 is 0. The maximum Gasteiger partial charge on any atom is 0.287 e. The van der Waals surface area contributed by atoms with Crippen molar-refractivity contribution in [2.75, 3.05) is 26.9 Å². The van der Waals surface area contributed by atoms with Crippen molar-refractivity contribution in [3.05, 3.63) is 42.2 Å². The largest absolute Gasteiger partial charge is 0.497 e. The Hall–Kier alpha value is -2.31. The third-order valence-corrected chi connectivity index (χ3v) is 4.19. The van der Waals surface area contributed by atoms with Crippen LogP contribution in [0, 0.1) is 0 Å². The fraction of sp³-hybridized carbons (Fsp3) is 0.421. The fourth-order valence-electron chi connectivity index (χ4n) is 2.89. The lowest BCUT2D eigenvalue weighted by atomic mass is 10.1. The van der Waals surface area contributed by atoms with E-state index in [2.05, 4.69) is 5.32 Å². The molecule has 1 saturated heterocycles. The Labute approximate surface area is 147 Å². The van der Waals surface area contributed by atoms with Gasteiger partial charge in [0.2, 0.25) is 0 Å². The molecule has 1 N–H and O–H groups in total. The van der Waals surface area contributed by atoms with Gasteiger partial charge in [-0.05, 0) is 37.6 Å². The number of hydrogen-bond donors (Lipinski definition) is 1. The van der Waals surface area contributed by atoms with Crippen LogP contribution in [0.25, 0.3) is 11.3 Å². The zero-order valence-corrected chi connectivity index (χ0v) is 14.5. The van der Waals surface area contributed by atoms with Crippen molar-refractivity contribution in [2.45, 2.75) is 25.5 Å². The van der Waals surface area contributed by atoms with Crippen LogP contribution in [0.3, 0.4) is 0 Å². The molecule has 6 heteroatoms. The Morgan fingerprint density at radius 1 is 1.32 bits per heavy atom. The molecule has 1 aromatic carbocycles. The van der Waals surface area contributed by atoms with Crippen LogP contribution in [0.5, 0.6) is 5.75 Å². The number of methoxy groups -OCH3 is 1. The first-order chi connectivity index (χ1) is 12.2. The Kier molecular flexibility index (Phi) is 5.73. The second kappa shape index (κ2) is 8.18. The molecule has 1 fully saturated rings. The fourth-order valence-corrected chi connectivity index (χ4v) is 2.89. The molecule has 0 aliphatic carbocycles. The maximum absolute atomic E-state index is 12.5. The van der Waals surface area contributed by atoms with E-state index in [1.807, 2.05) is 31.2 Å². The normalized spacial score (nSPS) is 20.2. The summed E-state index contributed by atoms with van der Waals surface area (Å²) in [5, 5.41) is 3.00. The molecule has 0 saturated carbocycles. The van der Waals surface area contributed by atoms with E-state index in [4.69, 9.17) is 18.6 Å². The Balaban J connectivity index is 1.69. The van der Waals surface area contributed by atoms with E-state index in [1.54, 1.807) is 19.2 Å². The van der Waals surface area contributed by atoms with Gasteiger partial charge in [-0.15, -0.1) is 0 Å². The number of hydrogen-bond acceptors (Lipinski definition) is 5. The van der Waals surface area contributed by atoms with Gasteiger partial charge in [-0.1, -0.05) is 12.1 Å². The SMILES string of the molecule is CCO[C@@H]1COCC[C@H]1NC(=O)c1ccc(-c2cccc(OC)c2)o1. The first-order valence-electron chi connectivity index (χ1n) is 8.45. The van der Waals surface area contributed by atoms with E-state index in [9.17, 15) is 4.79 Å². The highest BCUT2D eigenvalue weighted by molar-refractivity contribution is 5.92. The van der Waals surface area contributed by atoms with Crippen LogP contribution < -0.4 is 10.1 Å². The average Bonchev–Trinajstić information content (AvgIpc) is 3.14. The third kappa shape index (κ3) is 4.21. The van der Waals surface area contributed by atoms with E-state index in [1.165, 1.54) is 0 Å². The van der Waals surface area contributed by atoms with Crippen LogP contribution >= 0.6 is 0 Å². The number of nitrogens with one attached hydrogen (secondary N) is 1. The van der Waals surface area contributed by atoms with E-state index in [0.29, 0.717) is 25.6 Å². The first-order valence-corrected chi connectivity index (χ1v) is 8.45. The summed E-state index contributed by atoms with van der Waals surface area (Å²) in [5.74, 6) is 1.39. The van der Waals surface area contributed by atoms with Gasteiger partial charge < -0.3 is 23.9 Å². The van der Waals surface area contributed by atoms with Crippen LogP contribution in [0.2, 0.25) is 0 Å². The van der Waals surface area contributed by atoms with Gasteiger partial charge in [0.15, 0.2) is 5.76 Å². The van der Waals surface area contributed by atoms with Crippen LogP contribution in [0.4, 0.5) is 0 Å².